The summed E-state index contributed by atoms with van der Waals surface area (Å²) in [6, 6.07) is 0.478. The van der Waals surface area contributed by atoms with E-state index in [0.29, 0.717) is 17.6 Å². The average Bonchev–Trinajstić information content (AvgIpc) is 2.56. The maximum atomic E-state index is 9.42. The van der Waals surface area contributed by atoms with E-state index in [-0.39, 0.29) is 12.0 Å². The highest BCUT2D eigenvalue weighted by Crippen LogP contribution is 2.57. The van der Waals surface area contributed by atoms with E-state index < -0.39 is 0 Å². The number of guanidine groups is 1. The van der Waals surface area contributed by atoms with Crippen molar-refractivity contribution in [2.45, 2.75) is 84.8 Å². The van der Waals surface area contributed by atoms with Gasteiger partial charge >= 0.3 is 0 Å². The van der Waals surface area contributed by atoms with Crippen LogP contribution < -0.4 is 10.6 Å². The van der Waals surface area contributed by atoms with Gasteiger partial charge in [0.15, 0.2) is 5.96 Å². The van der Waals surface area contributed by atoms with Gasteiger partial charge in [-0.1, -0.05) is 20.3 Å². The zero-order chi connectivity index (χ0) is 18.3. The van der Waals surface area contributed by atoms with Crippen LogP contribution in [-0.4, -0.2) is 49.5 Å². The Kier molecular flexibility index (Phi) is 7.56. The van der Waals surface area contributed by atoms with E-state index in [1.54, 1.807) is 0 Å². The lowest BCUT2D eigenvalue weighted by molar-refractivity contribution is -0.168. The molecule has 0 radical (unpaired) electrons. The van der Waals surface area contributed by atoms with Gasteiger partial charge in [-0.3, -0.25) is 4.99 Å². The number of nitrogens with one attached hydrogen (secondary N) is 2. The molecule has 146 valence electrons. The Morgan fingerprint density at radius 2 is 1.96 bits per heavy atom. The number of hydrogen-bond acceptors (Lipinski definition) is 3. The van der Waals surface area contributed by atoms with Crippen molar-refractivity contribution in [1.29, 1.82) is 0 Å². The van der Waals surface area contributed by atoms with Crippen molar-refractivity contribution in [3.05, 3.63) is 0 Å². The quantitative estimate of drug-likeness (QED) is 0.417. The van der Waals surface area contributed by atoms with Crippen molar-refractivity contribution >= 4 is 5.96 Å². The zero-order valence-corrected chi connectivity index (χ0v) is 16.7. The second-order valence-electron chi connectivity index (χ2n) is 7.84. The van der Waals surface area contributed by atoms with Gasteiger partial charge in [-0.2, -0.15) is 0 Å². The first kappa shape index (κ1) is 20.5. The third-order valence-electron chi connectivity index (χ3n) is 6.81. The second kappa shape index (κ2) is 9.22. The van der Waals surface area contributed by atoms with Crippen LogP contribution in [-0.2, 0) is 4.74 Å². The maximum absolute atomic E-state index is 9.42. The van der Waals surface area contributed by atoms with Gasteiger partial charge in [-0.15, -0.1) is 0 Å². The van der Waals surface area contributed by atoms with Crippen molar-refractivity contribution in [1.82, 2.24) is 10.6 Å². The molecule has 2 atom stereocenters. The number of rotatable bonds is 10. The molecule has 0 bridgehead atoms. The van der Waals surface area contributed by atoms with Gasteiger partial charge in [0.2, 0.25) is 0 Å². The fourth-order valence-corrected chi connectivity index (χ4v) is 4.52. The van der Waals surface area contributed by atoms with Crippen molar-refractivity contribution in [3.63, 3.8) is 0 Å². The molecular weight excluding hydrogens is 314 g/mol. The van der Waals surface area contributed by atoms with Crippen LogP contribution in [0.1, 0.15) is 72.6 Å². The largest absolute Gasteiger partial charge is 0.396 e. The van der Waals surface area contributed by atoms with Crippen LogP contribution in [0.4, 0.5) is 0 Å². The monoisotopic (exact) mass is 353 g/mol. The number of nitrogens with zero attached hydrogens (tertiary/aromatic N) is 1. The van der Waals surface area contributed by atoms with Crippen LogP contribution in [0.3, 0.4) is 0 Å². The van der Waals surface area contributed by atoms with Crippen LogP contribution in [0.2, 0.25) is 0 Å². The van der Waals surface area contributed by atoms with E-state index >= 15 is 0 Å². The van der Waals surface area contributed by atoms with Gasteiger partial charge in [0.25, 0.3) is 0 Å². The molecule has 0 aromatic carbocycles. The lowest BCUT2D eigenvalue weighted by Gasteiger charge is -2.61. The molecule has 2 fully saturated rings. The summed E-state index contributed by atoms with van der Waals surface area (Å²) in [5, 5.41) is 16.5. The van der Waals surface area contributed by atoms with E-state index in [1.807, 2.05) is 0 Å². The highest BCUT2D eigenvalue weighted by atomic mass is 16.5. The molecule has 25 heavy (non-hydrogen) atoms. The Bertz CT molecular complexity index is 431. The summed E-state index contributed by atoms with van der Waals surface area (Å²) >= 11 is 0. The van der Waals surface area contributed by atoms with Gasteiger partial charge in [-0.05, 0) is 57.8 Å². The fraction of sp³-hybridized carbons (Fsp3) is 0.950. The molecule has 5 nitrogen and oxygen atoms in total. The Hall–Kier alpha value is -0.810. The minimum Gasteiger partial charge on any atom is -0.396 e. The van der Waals surface area contributed by atoms with Crippen molar-refractivity contribution in [2.75, 3.05) is 26.3 Å². The second-order valence-corrected chi connectivity index (χ2v) is 7.84. The minimum absolute atomic E-state index is 0.110. The van der Waals surface area contributed by atoms with Crippen LogP contribution in [0.25, 0.3) is 0 Å². The van der Waals surface area contributed by atoms with Crippen molar-refractivity contribution < 1.29 is 9.84 Å². The molecule has 2 saturated carbocycles. The molecule has 0 amide bonds. The molecule has 0 aromatic heterocycles. The highest BCUT2D eigenvalue weighted by molar-refractivity contribution is 5.80. The lowest BCUT2D eigenvalue weighted by atomic mass is 9.51. The summed E-state index contributed by atoms with van der Waals surface area (Å²) in [6.07, 6.45) is 8.29. The number of ether oxygens (including phenoxy) is 1. The molecule has 0 saturated heterocycles. The molecule has 2 aliphatic carbocycles. The molecule has 1 spiro atoms. The van der Waals surface area contributed by atoms with E-state index in [2.05, 4.69) is 38.3 Å². The van der Waals surface area contributed by atoms with E-state index in [4.69, 9.17) is 9.73 Å². The first-order chi connectivity index (χ1) is 12.1. The summed E-state index contributed by atoms with van der Waals surface area (Å²) in [4.78, 5) is 4.91. The summed E-state index contributed by atoms with van der Waals surface area (Å²) in [5.41, 5.74) is 0.447. The summed E-state index contributed by atoms with van der Waals surface area (Å²) in [5.74, 6) is 0.929. The highest BCUT2D eigenvalue weighted by Gasteiger charge is 2.59. The van der Waals surface area contributed by atoms with Crippen molar-refractivity contribution in [2.24, 2.45) is 15.8 Å². The molecule has 2 unspecified atom stereocenters. The van der Waals surface area contributed by atoms with Crippen molar-refractivity contribution in [3.8, 4) is 0 Å². The molecular formula is C20H39N3O2. The van der Waals surface area contributed by atoms with E-state index in [9.17, 15) is 5.11 Å². The molecule has 0 heterocycles. The normalized spacial score (nSPS) is 25.4. The predicted molar refractivity (Wildman–Crippen MR) is 104 cm³/mol. The molecule has 3 N–H and O–H groups in total. The Morgan fingerprint density at radius 3 is 2.44 bits per heavy atom. The minimum atomic E-state index is 0.110. The SMILES string of the molecule is CCNC(=NCC(CC)(CC)CCO)NC1CC(OCC)C12CCC2. The number of aliphatic hydroxyl groups is 1. The molecule has 2 aliphatic rings. The number of aliphatic hydroxyl groups excluding tert-OH is 1. The fourth-order valence-electron chi connectivity index (χ4n) is 4.52. The molecule has 5 heteroatoms. The third kappa shape index (κ3) is 4.30. The average molecular weight is 354 g/mol. The first-order valence-electron chi connectivity index (χ1n) is 10.4. The topological polar surface area (TPSA) is 65.9 Å². The Balaban J connectivity index is 2.01. The van der Waals surface area contributed by atoms with E-state index in [1.165, 1.54) is 19.3 Å². The van der Waals surface area contributed by atoms with Gasteiger partial charge in [0, 0.05) is 37.8 Å². The molecule has 2 rings (SSSR count). The summed E-state index contributed by atoms with van der Waals surface area (Å²) in [6.45, 7) is 11.3. The lowest BCUT2D eigenvalue weighted by Crippen LogP contribution is -2.68. The van der Waals surface area contributed by atoms with Gasteiger partial charge in [-0.25, -0.2) is 0 Å². The maximum Gasteiger partial charge on any atom is 0.191 e. The van der Waals surface area contributed by atoms with Gasteiger partial charge in [0.05, 0.1) is 6.10 Å². The van der Waals surface area contributed by atoms with Crippen LogP contribution in [0, 0.1) is 10.8 Å². The Labute approximate surface area is 154 Å². The smallest absolute Gasteiger partial charge is 0.191 e. The van der Waals surface area contributed by atoms with Crippen LogP contribution in [0.5, 0.6) is 0 Å². The number of aliphatic imine (C=N–C) groups is 1. The summed E-state index contributed by atoms with van der Waals surface area (Å²) < 4.78 is 5.96. The summed E-state index contributed by atoms with van der Waals surface area (Å²) in [7, 11) is 0. The third-order valence-corrected chi connectivity index (χ3v) is 6.81. The van der Waals surface area contributed by atoms with Crippen LogP contribution in [0.15, 0.2) is 4.99 Å². The predicted octanol–water partition coefficient (Wildman–Crippen LogP) is 3.08. The molecule has 0 aliphatic heterocycles. The van der Waals surface area contributed by atoms with Gasteiger partial charge in [0.1, 0.15) is 0 Å². The Morgan fingerprint density at radius 1 is 1.24 bits per heavy atom. The standard InChI is InChI=1S/C20H39N3O2/c1-5-19(6-2,12-13-24)15-22-18(21-7-3)23-16-14-17(25-8-4)20(16)10-9-11-20/h16-17,24H,5-15H2,1-4H3,(H2,21,22,23). The first-order valence-corrected chi connectivity index (χ1v) is 10.4. The van der Waals surface area contributed by atoms with Crippen LogP contribution >= 0.6 is 0 Å². The number of hydrogen-bond donors (Lipinski definition) is 3. The van der Waals surface area contributed by atoms with E-state index in [0.717, 1.165) is 51.3 Å². The zero-order valence-electron chi connectivity index (χ0n) is 16.7. The molecule has 0 aromatic rings. The van der Waals surface area contributed by atoms with Gasteiger partial charge < -0.3 is 20.5 Å².